The van der Waals surface area contributed by atoms with Crippen molar-refractivity contribution in [1.82, 2.24) is 10.2 Å². The lowest BCUT2D eigenvalue weighted by atomic mass is 10.1. The van der Waals surface area contributed by atoms with Gasteiger partial charge in [-0.1, -0.05) is 30.3 Å². The summed E-state index contributed by atoms with van der Waals surface area (Å²) < 4.78 is 31.5. The van der Waals surface area contributed by atoms with Crippen LogP contribution in [0.2, 0.25) is 0 Å². The van der Waals surface area contributed by atoms with Crippen molar-refractivity contribution in [3.05, 3.63) is 59.7 Å². The molecule has 35 heavy (non-hydrogen) atoms. The van der Waals surface area contributed by atoms with Crippen LogP contribution in [0, 0.1) is 6.92 Å². The van der Waals surface area contributed by atoms with Gasteiger partial charge >= 0.3 is 0 Å². The van der Waals surface area contributed by atoms with Gasteiger partial charge in [-0.25, -0.2) is 8.42 Å². The monoisotopic (exact) mass is 503 g/mol. The normalized spacial score (nSPS) is 12.2. The molecule has 1 N–H and O–H groups in total. The summed E-state index contributed by atoms with van der Waals surface area (Å²) in [5.74, 6) is 0.197. The van der Waals surface area contributed by atoms with Crippen LogP contribution < -0.4 is 14.4 Å². The molecule has 8 nitrogen and oxygen atoms in total. The van der Waals surface area contributed by atoms with Gasteiger partial charge < -0.3 is 15.0 Å². The fourth-order valence-electron chi connectivity index (χ4n) is 3.78. The molecule has 2 aromatic carbocycles. The topological polar surface area (TPSA) is 96.0 Å². The van der Waals surface area contributed by atoms with Crippen LogP contribution in [0.1, 0.15) is 44.7 Å². The number of anilines is 1. The van der Waals surface area contributed by atoms with E-state index >= 15 is 0 Å². The number of nitrogens with zero attached hydrogens (tertiary/aromatic N) is 2. The highest BCUT2D eigenvalue weighted by atomic mass is 32.2. The average Bonchev–Trinajstić information content (AvgIpc) is 2.79. The zero-order chi connectivity index (χ0) is 26.2. The minimum absolute atomic E-state index is 0.0591. The molecule has 2 amide bonds. The van der Waals surface area contributed by atoms with Crippen LogP contribution in [0.4, 0.5) is 5.69 Å². The van der Waals surface area contributed by atoms with E-state index in [0.29, 0.717) is 17.9 Å². The van der Waals surface area contributed by atoms with Gasteiger partial charge in [0.2, 0.25) is 21.8 Å². The predicted octanol–water partition coefficient (Wildman–Crippen LogP) is 3.49. The lowest BCUT2D eigenvalue weighted by Crippen LogP contribution is -2.49. The van der Waals surface area contributed by atoms with Crippen molar-refractivity contribution in [3.63, 3.8) is 0 Å². The number of para-hydroxylation sites is 1. The molecule has 0 aromatic heterocycles. The van der Waals surface area contributed by atoms with Crippen molar-refractivity contribution >= 4 is 27.5 Å². The Morgan fingerprint density at radius 1 is 1.06 bits per heavy atom. The zero-order valence-corrected chi connectivity index (χ0v) is 22.3. The fourth-order valence-corrected chi connectivity index (χ4v) is 4.80. The van der Waals surface area contributed by atoms with E-state index in [0.717, 1.165) is 17.4 Å². The van der Waals surface area contributed by atoms with E-state index in [1.807, 2.05) is 57.2 Å². The Morgan fingerprint density at radius 3 is 2.34 bits per heavy atom. The van der Waals surface area contributed by atoms with Crippen LogP contribution in [-0.2, 0) is 26.2 Å². The quantitative estimate of drug-likeness (QED) is 0.478. The first-order valence-electron chi connectivity index (χ1n) is 11.7. The second-order valence-corrected chi connectivity index (χ2v) is 10.8. The Labute approximate surface area is 209 Å². The average molecular weight is 504 g/mol. The molecule has 9 heteroatoms. The minimum Gasteiger partial charge on any atom is -0.497 e. The molecule has 0 saturated carbocycles. The second kappa shape index (κ2) is 12.6. The third-order valence-electron chi connectivity index (χ3n) is 5.62. The second-order valence-electron chi connectivity index (χ2n) is 8.94. The number of carbonyl (C=O) groups is 2. The molecule has 0 saturated heterocycles. The number of hydrogen-bond acceptors (Lipinski definition) is 5. The van der Waals surface area contributed by atoms with Crippen LogP contribution >= 0.6 is 0 Å². The van der Waals surface area contributed by atoms with Crippen LogP contribution in [0.3, 0.4) is 0 Å². The van der Waals surface area contributed by atoms with E-state index in [1.54, 1.807) is 26.2 Å². The summed E-state index contributed by atoms with van der Waals surface area (Å²) in [7, 11) is -1.96. The summed E-state index contributed by atoms with van der Waals surface area (Å²) in [5.41, 5.74) is 2.27. The number of benzene rings is 2. The molecule has 0 heterocycles. The number of aryl methyl sites for hydroxylation is 1. The molecule has 0 fully saturated rings. The molecule has 2 aromatic rings. The van der Waals surface area contributed by atoms with Gasteiger partial charge in [0.05, 0.1) is 19.1 Å². The maximum absolute atomic E-state index is 13.3. The van der Waals surface area contributed by atoms with E-state index in [2.05, 4.69) is 5.32 Å². The van der Waals surface area contributed by atoms with Gasteiger partial charge in [-0.05, 0) is 63.4 Å². The number of carbonyl (C=O) groups excluding carboxylic acids is 2. The number of ether oxygens (including phenoxy) is 1. The number of rotatable bonds is 12. The van der Waals surface area contributed by atoms with E-state index in [1.165, 1.54) is 9.21 Å². The molecule has 1 atom stereocenters. The number of methoxy groups -OCH3 is 1. The van der Waals surface area contributed by atoms with Crippen molar-refractivity contribution in [2.75, 3.05) is 24.2 Å². The van der Waals surface area contributed by atoms with Crippen LogP contribution in [0.5, 0.6) is 5.75 Å². The first-order valence-corrected chi connectivity index (χ1v) is 13.5. The molecule has 0 radical (unpaired) electrons. The molecule has 0 spiro atoms. The van der Waals surface area contributed by atoms with E-state index < -0.39 is 16.1 Å². The Bertz CT molecular complexity index is 1120. The van der Waals surface area contributed by atoms with Crippen LogP contribution in [0.25, 0.3) is 0 Å². The molecule has 0 aliphatic carbocycles. The van der Waals surface area contributed by atoms with Gasteiger partial charge in [0.25, 0.3) is 0 Å². The molecule has 0 aliphatic rings. The Hall–Kier alpha value is -3.07. The van der Waals surface area contributed by atoms with Crippen LogP contribution in [-0.4, -0.2) is 57.1 Å². The third kappa shape index (κ3) is 8.28. The summed E-state index contributed by atoms with van der Waals surface area (Å²) in [6, 6.07) is 13.8. The summed E-state index contributed by atoms with van der Waals surface area (Å²) in [6.45, 7) is 7.68. The highest BCUT2D eigenvalue weighted by molar-refractivity contribution is 7.92. The van der Waals surface area contributed by atoms with Gasteiger partial charge in [0.1, 0.15) is 11.8 Å². The Morgan fingerprint density at radius 2 is 1.74 bits per heavy atom. The van der Waals surface area contributed by atoms with E-state index in [-0.39, 0.29) is 37.4 Å². The molecule has 192 valence electrons. The van der Waals surface area contributed by atoms with Gasteiger partial charge in [0, 0.05) is 25.6 Å². The molecule has 0 unspecified atom stereocenters. The Kier molecular flexibility index (Phi) is 10.1. The molecule has 0 bridgehead atoms. The van der Waals surface area contributed by atoms with Crippen molar-refractivity contribution in [1.29, 1.82) is 0 Å². The maximum atomic E-state index is 13.3. The molecule has 2 rings (SSSR count). The van der Waals surface area contributed by atoms with Crippen molar-refractivity contribution < 1.29 is 22.7 Å². The van der Waals surface area contributed by atoms with Gasteiger partial charge in [-0.15, -0.1) is 0 Å². The molecular formula is C26H37N3O5S. The third-order valence-corrected chi connectivity index (χ3v) is 6.80. The number of nitrogens with one attached hydrogen (secondary N) is 1. The van der Waals surface area contributed by atoms with Crippen molar-refractivity contribution in [3.8, 4) is 5.75 Å². The summed E-state index contributed by atoms with van der Waals surface area (Å²) in [4.78, 5) is 27.6. The van der Waals surface area contributed by atoms with Crippen LogP contribution in [0.15, 0.2) is 48.5 Å². The Balaban J connectivity index is 2.20. The smallest absolute Gasteiger partial charge is 0.242 e. The van der Waals surface area contributed by atoms with Gasteiger partial charge in [-0.2, -0.15) is 0 Å². The SMILES string of the molecule is COc1cccc(CN(C(=O)CCCN(c2ccccc2C)S(C)(=O)=O)[C@H](C)C(=O)NC(C)C)c1. The summed E-state index contributed by atoms with van der Waals surface area (Å²) in [5, 5.41) is 2.86. The summed E-state index contributed by atoms with van der Waals surface area (Å²) in [6.07, 6.45) is 1.57. The summed E-state index contributed by atoms with van der Waals surface area (Å²) >= 11 is 0. The largest absolute Gasteiger partial charge is 0.497 e. The number of hydrogen-bond donors (Lipinski definition) is 1. The van der Waals surface area contributed by atoms with Gasteiger partial charge in [0.15, 0.2) is 0 Å². The molecular weight excluding hydrogens is 466 g/mol. The number of amides is 2. The van der Waals surface area contributed by atoms with Gasteiger partial charge in [-0.3, -0.25) is 13.9 Å². The highest BCUT2D eigenvalue weighted by Crippen LogP contribution is 2.23. The minimum atomic E-state index is -3.53. The van der Waals surface area contributed by atoms with E-state index in [9.17, 15) is 18.0 Å². The standard InChI is InChI=1S/C26H37N3O5S/c1-19(2)27-26(31)21(4)28(18-22-12-9-13-23(17-22)34-5)25(30)15-10-16-29(35(6,32)33)24-14-8-7-11-20(24)3/h7-9,11-14,17,19,21H,10,15-16,18H2,1-6H3,(H,27,31)/t21-/m1/s1. The first-order chi connectivity index (χ1) is 16.4. The van der Waals surface area contributed by atoms with Crippen molar-refractivity contribution in [2.45, 2.75) is 59.2 Å². The van der Waals surface area contributed by atoms with Crippen molar-refractivity contribution in [2.24, 2.45) is 0 Å². The molecule has 0 aliphatic heterocycles. The predicted molar refractivity (Wildman–Crippen MR) is 139 cm³/mol. The highest BCUT2D eigenvalue weighted by Gasteiger charge is 2.27. The lowest BCUT2D eigenvalue weighted by Gasteiger charge is -2.30. The first kappa shape index (κ1) is 28.2. The van der Waals surface area contributed by atoms with E-state index in [4.69, 9.17) is 4.74 Å². The number of sulfonamides is 1. The fraction of sp³-hybridized carbons (Fsp3) is 0.462. The zero-order valence-electron chi connectivity index (χ0n) is 21.4. The lowest BCUT2D eigenvalue weighted by molar-refractivity contribution is -0.140. The maximum Gasteiger partial charge on any atom is 0.242 e.